The van der Waals surface area contributed by atoms with E-state index in [9.17, 15) is 5.11 Å². The van der Waals surface area contributed by atoms with Gasteiger partial charge in [0.2, 0.25) is 0 Å². The van der Waals surface area contributed by atoms with Crippen LogP contribution in [0.2, 0.25) is 0 Å². The van der Waals surface area contributed by atoms with Crippen LogP contribution in [0.25, 0.3) is 0 Å². The first-order valence-electron chi connectivity index (χ1n) is 2.31. The number of aliphatic imine (C=N–C) groups is 1. The normalized spacial score (nSPS) is 18.6. The largest absolute Gasteiger partial charge is 0.859 e. The van der Waals surface area contributed by atoms with Gasteiger partial charge in [0, 0.05) is 0 Å². The molecule has 0 fully saturated rings. The van der Waals surface area contributed by atoms with Crippen molar-refractivity contribution < 1.29 is 9.84 Å². The van der Waals surface area contributed by atoms with Gasteiger partial charge in [-0.3, -0.25) is 4.99 Å². The second-order valence-electron chi connectivity index (χ2n) is 1.52. The van der Waals surface area contributed by atoms with Crippen LogP contribution in [0.1, 0.15) is 6.92 Å². The molecule has 0 aromatic heterocycles. The van der Waals surface area contributed by atoms with E-state index in [4.69, 9.17) is 4.74 Å². The topological polar surface area (TPSA) is 44.7 Å². The summed E-state index contributed by atoms with van der Waals surface area (Å²) in [6.45, 7) is 1.91. The monoisotopic (exact) mass is 112 g/mol. The van der Waals surface area contributed by atoms with Gasteiger partial charge in [-0.05, 0) is 18.9 Å². The third kappa shape index (κ3) is 0.992. The molecule has 3 nitrogen and oxygen atoms in total. The van der Waals surface area contributed by atoms with Gasteiger partial charge in [0.15, 0.2) is 6.73 Å². The first-order valence-corrected chi connectivity index (χ1v) is 2.31. The number of allylic oxidation sites excluding steroid dienone is 1. The minimum absolute atomic E-state index is 0.182. The highest BCUT2D eigenvalue weighted by molar-refractivity contribution is 5.84. The van der Waals surface area contributed by atoms with Crippen molar-refractivity contribution in [1.29, 1.82) is 0 Å². The molecule has 3 heteroatoms. The van der Waals surface area contributed by atoms with E-state index >= 15 is 0 Å². The molecular formula is C5H6NO2-. The Morgan fingerprint density at radius 3 is 3.00 bits per heavy atom. The van der Waals surface area contributed by atoms with Crippen molar-refractivity contribution in [2.75, 3.05) is 6.73 Å². The Bertz CT molecular complexity index is 149. The smallest absolute Gasteiger partial charge is 0.177 e. The third-order valence-electron chi connectivity index (χ3n) is 0.839. The average molecular weight is 112 g/mol. The maximum atomic E-state index is 10.4. The lowest BCUT2D eigenvalue weighted by Gasteiger charge is -2.13. The van der Waals surface area contributed by atoms with E-state index in [1.165, 1.54) is 6.08 Å². The predicted molar refractivity (Wildman–Crippen MR) is 27.1 cm³/mol. The summed E-state index contributed by atoms with van der Waals surface area (Å²) in [6, 6.07) is 0. The van der Waals surface area contributed by atoms with Gasteiger partial charge in [-0.2, -0.15) is 0 Å². The molecule has 1 aliphatic rings. The van der Waals surface area contributed by atoms with Crippen LogP contribution >= 0.6 is 0 Å². The van der Waals surface area contributed by atoms with E-state index in [2.05, 4.69) is 4.99 Å². The maximum Gasteiger partial charge on any atom is 0.177 e. The zero-order chi connectivity index (χ0) is 5.98. The first-order chi connectivity index (χ1) is 3.79. The molecule has 0 spiro atoms. The molecule has 0 bridgehead atoms. The van der Waals surface area contributed by atoms with Crippen LogP contribution in [-0.4, -0.2) is 12.6 Å². The van der Waals surface area contributed by atoms with E-state index in [-0.39, 0.29) is 12.6 Å². The average Bonchev–Trinajstić information content (AvgIpc) is 1.64. The van der Waals surface area contributed by atoms with Crippen molar-refractivity contribution in [1.82, 2.24) is 0 Å². The Kier molecular flexibility index (Phi) is 1.20. The zero-order valence-corrected chi connectivity index (χ0v) is 4.55. The van der Waals surface area contributed by atoms with Gasteiger partial charge in [-0.1, -0.05) is 0 Å². The molecule has 1 aliphatic heterocycles. The van der Waals surface area contributed by atoms with Gasteiger partial charge >= 0.3 is 0 Å². The Balaban J connectivity index is 2.69. The molecular weight excluding hydrogens is 106 g/mol. The Morgan fingerprint density at radius 2 is 2.62 bits per heavy atom. The summed E-state index contributed by atoms with van der Waals surface area (Å²) in [4.78, 5) is 3.44. The molecule has 1 heterocycles. The van der Waals surface area contributed by atoms with Gasteiger partial charge < -0.3 is 9.84 Å². The minimum Gasteiger partial charge on any atom is -0.859 e. The van der Waals surface area contributed by atoms with Crippen LogP contribution in [0.15, 0.2) is 16.8 Å². The molecule has 0 atom stereocenters. The summed E-state index contributed by atoms with van der Waals surface area (Å²) in [7, 11) is 0. The highest BCUT2D eigenvalue weighted by atomic mass is 16.5. The quantitative estimate of drug-likeness (QED) is 0.429. The lowest BCUT2D eigenvalue weighted by Crippen LogP contribution is -2.18. The standard InChI is InChI=1S/C5H7NO2/c1-4-2-5(7)6-3-8-4/h2H,3H2,1H3,(H,6,7)/p-1. The summed E-state index contributed by atoms with van der Waals surface area (Å²) in [5.41, 5.74) is 0. The number of rotatable bonds is 0. The van der Waals surface area contributed by atoms with Crippen molar-refractivity contribution in [2.24, 2.45) is 4.99 Å². The van der Waals surface area contributed by atoms with Gasteiger partial charge in [0.25, 0.3) is 0 Å². The molecule has 0 N–H and O–H groups in total. The predicted octanol–water partition coefficient (Wildman–Crippen LogP) is -0.363. The lowest BCUT2D eigenvalue weighted by atomic mass is 10.4. The molecule has 0 saturated carbocycles. The second-order valence-corrected chi connectivity index (χ2v) is 1.52. The fourth-order valence-electron chi connectivity index (χ4n) is 0.459. The molecule has 0 radical (unpaired) electrons. The molecule has 0 unspecified atom stereocenters. The highest BCUT2D eigenvalue weighted by Crippen LogP contribution is 1.99. The number of ether oxygens (including phenoxy) is 1. The van der Waals surface area contributed by atoms with Gasteiger partial charge in [-0.15, -0.1) is 0 Å². The van der Waals surface area contributed by atoms with E-state index in [0.717, 1.165) is 0 Å². The Hall–Kier alpha value is -0.990. The fraction of sp³-hybridized carbons (Fsp3) is 0.400. The lowest BCUT2D eigenvalue weighted by molar-refractivity contribution is -0.213. The SMILES string of the molecule is CC1=CC([O-])=NCO1. The summed E-state index contributed by atoms with van der Waals surface area (Å²) >= 11 is 0. The summed E-state index contributed by atoms with van der Waals surface area (Å²) in [5, 5.41) is 10.4. The van der Waals surface area contributed by atoms with Gasteiger partial charge in [0.05, 0.1) is 5.76 Å². The second kappa shape index (κ2) is 1.86. The third-order valence-corrected chi connectivity index (χ3v) is 0.839. The van der Waals surface area contributed by atoms with Crippen LogP contribution in [0.3, 0.4) is 0 Å². The summed E-state index contributed by atoms with van der Waals surface area (Å²) in [5.74, 6) is 0.443. The van der Waals surface area contributed by atoms with Crippen molar-refractivity contribution in [3.63, 3.8) is 0 Å². The van der Waals surface area contributed by atoms with Crippen LogP contribution in [0, 0.1) is 0 Å². The molecule has 8 heavy (non-hydrogen) atoms. The Morgan fingerprint density at radius 1 is 1.88 bits per heavy atom. The van der Waals surface area contributed by atoms with Crippen LogP contribution in [0.5, 0.6) is 0 Å². The zero-order valence-electron chi connectivity index (χ0n) is 4.55. The van der Waals surface area contributed by atoms with Crippen molar-refractivity contribution in [3.05, 3.63) is 11.8 Å². The van der Waals surface area contributed by atoms with E-state index in [1.807, 2.05) is 0 Å². The molecule has 0 saturated heterocycles. The van der Waals surface area contributed by atoms with Crippen molar-refractivity contribution in [2.45, 2.75) is 6.92 Å². The number of hydrogen-bond donors (Lipinski definition) is 0. The van der Waals surface area contributed by atoms with Crippen molar-refractivity contribution in [3.8, 4) is 0 Å². The van der Waals surface area contributed by atoms with Crippen LogP contribution in [0.4, 0.5) is 0 Å². The van der Waals surface area contributed by atoms with Gasteiger partial charge in [-0.25, -0.2) is 0 Å². The number of nitrogens with zero attached hydrogens (tertiary/aromatic N) is 1. The molecule has 0 amide bonds. The summed E-state index contributed by atoms with van der Waals surface area (Å²) < 4.78 is 4.82. The molecule has 0 aromatic carbocycles. The van der Waals surface area contributed by atoms with E-state index in [1.54, 1.807) is 6.92 Å². The van der Waals surface area contributed by atoms with Gasteiger partial charge in [0.1, 0.15) is 0 Å². The molecule has 1 rings (SSSR count). The minimum atomic E-state index is -0.200. The molecule has 44 valence electrons. The van der Waals surface area contributed by atoms with Crippen molar-refractivity contribution >= 4 is 5.90 Å². The number of hydrogen-bond acceptors (Lipinski definition) is 3. The van der Waals surface area contributed by atoms with E-state index < -0.39 is 0 Å². The fourth-order valence-corrected chi connectivity index (χ4v) is 0.459. The van der Waals surface area contributed by atoms with E-state index in [0.29, 0.717) is 5.76 Å². The maximum absolute atomic E-state index is 10.4. The van der Waals surface area contributed by atoms with Crippen LogP contribution < -0.4 is 5.11 Å². The summed E-state index contributed by atoms with van der Waals surface area (Å²) in [6.07, 6.45) is 1.36. The first kappa shape index (κ1) is 5.15. The van der Waals surface area contributed by atoms with Crippen LogP contribution in [-0.2, 0) is 4.74 Å². The Labute approximate surface area is 47.3 Å². The highest BCUT2D eigenvalue weighted by Gasteiger charge is 1.91. The molecule has 0 aromatic rings. The molecule has 0 aliphatic carbocycles.